The van der Waals surface area contributed by atoms with Crippen molar-refractivity contribution < 1.29 is 0 Å². The molecular formula is C35H76N2. The zero-order valence-electron chi connectivity index (χ0n) is 29.6. The van der Waals surface area contributed by atoms with Crippen LogP contribution in [0.5, 0.6) is 0 Å². The van der Waals surface area contributed by atoms with Gasteiger partial charge in [-0.1, -0.05) is 95.9 Å². The van der Waals surface area contributed by atoms with Crippen LogP contribution in [0.4, 0.5) is 0 Å². The first-order valence-electron chi connectivity index (χ1n) is 15.6. The molecule has 0 amide bonds. The van der Waals surface area contributed by atoms with Gasteiger partial charge >= 0.3 is 0 Å². The lowest BCUT2D eigenvalue weighted by Gasteiger charge is -2.41. The summed E-state index contributed by atoms with van der Waals surface area (Å²) in [6, 6.07) is 0. The van der Waals surface area contributed by atoms with Crippen molar-refractivity contribution in [1.82, 2.24) is 10.6 Å². The highest BCUT2D eigenvalue weighted by atomic mass is 14.9. The smallest absolute Gasteiger partial charge is 0.00965 e. The van der Waals surface area contributed by atoms with Gasteiger partial charge in [0, 0.05) is 11.1 Å². The van der Waals surface area contributed by atoms with Gasteiger partial charge in [0.05, 0.1) is 0 Å². The molecule has 2 nitrogen and oxygen atoms in total. The summed E-state index contributed by atoms with van der Waals surface area (Å²) in [6.07, 6.45) is 10.8. The maximum atomic E-state index is 3.52. The van der Waals surface area contributed by atoms with Crippen molar-refractivity contribution in [3.05, 3.63) is 0 Å². The lowest BCUT2D eigenvalue weighted by Crippen LogP contribution is -2.36. The van der Waals surface area contributed by atoms with Crippen molar-refractivity contribution in [3.8, 4) is 0 Å². The number of unbranched alkanes of at least 4 members (excludes halogenated alkanes) is 2. The Morgan fingerprint density at radius 2 is 0.757 bits per heavy atom. The molecule has 2 heteroatoms. The van der Waals surface area contributed by atoms with Crippen molar-refractivity contribution in [2.75, 3.05) is 13.1 Å². The molecule has 37 heavy (non-hydrogen) atoms. The minimum atomic E-state index is 0.276. The van der Waals surface area contributed by atoms with Crippen LogP contribution in [0, 0.1) is 27.1 Å². The fraction of sp³-hybridized carbons (Fsp3) is 1.00. The van der Waals surface area contributed by atoms with Crippen LogP contribution in [0.15, 0.2) is 0 Å². The van der Waals surface area contributed by atoms with Gasteiger partial charge in [-0.25, -0.2) is 0 Å². The van der Waals surface area contributed by atoms with Gasteiger partial charge < -0.3 is 10.6 Å². The topological polar surface area (TPSA) is 24.1 Å². The summed E-state index contributed by atoms with van der Waals surface area (Å²) >= 11 is 0. The molecule has 0 atom stereocenters. The Labute approximate surface area is 237 Å². The van der Waals surface area contributed by atoms with Crippen molar-refractivity contribution in [2.45, 2.75) is 187 Å². The van der Waals surface area contributed by atoms with E-state index in [-0.39, 0.29) is 11.1 Å². The monoisotopic (exact) mass is 525 g/mol. The van der Waals surface area contributed by atoms with E-state index >= 15 is 0 Å². The standard InChI is InChI=1S/C13H29N.C11H25N.C11H22/c1-12(2,3)10-8-7-9-11-14-13(4,5)6;1-10(2,3)8-7-9-12-11(4,5)6;1-9(2,3)11(7-8-11)10(4,5)6/h14H,7-11H2,1-6H3;12H,7-9H2,1-6H3;7-8H2,1-6H3. The summed E-state index contributed by atoms with van der Waals surface area (Å²) in [4.78, 5) is 0. The van der Waals surface area contributed by atoms with Gasteiger partial charge in [0.1, 0.15) is 0 Å². The summed E-state index contributed by atoms with van der Waals surface area (Å²) in [5.41, 5.74) is 3.16. The average Bonchev–Trinajstić information content (AvgIpc) is 3.41. The molecule has 0 saturated heterocycles. The van der Waals surface area contributed by atoms with Crippen LogP contribution >= 0.6 is 0 Å². The predicted molar refractivity (Wildman–Crippen MR) is 173 cm³/mol. The van der Waals surface area contributed by atoms with Gasteiger partial charge in [0.25, 0.3) is 0 Å². The molecule has 0 heterocycles. The zero-order chi connectivity index (χ0) is 30.0. The van der Waals surface area contributed by atoms with Gasteiger partial charge in [0.2, 0.25) is 0 Å². The van der Waals surface area contributed by atoms with Crippen molar-refractivity contribution in [2.24, 2.45) is 27.1 Å². The molecule has 1 fully saturated rings. The van der Waals surface area contributed by atoms with E-state index in [0.717, 1.165) is 13.1 Å². The van der Waals surface area contributed by atoms with E-state index in [9.17, 15) is 0 Å². The fourth-order valence-corrected chi connectivity index (χ4v) is 5.25. The van der Waals surface area contributed by atoms with E-state index in [1.165, 1.54) is 51.4 Å². The Hall–Kier alpha value is -0.0800. The molecule has 0 bridgehead atoms. The first kappa shape index (κ1) is 39.1. The number of hydrogen-bond acceptors (Lipinski definition) is 2. The largest absolute Gasteiger partial charge is 0.312 e. The molecule has 0 aromatic carbocycles. The molecule has 0 aromatic rings. The quantitative estimate of drug-likeness (QED) is 0.308. The predicted octanol–water partition coefficient (Wildman–Crippen LogP) is 11.0. The summed E-state index contributed by atoms with van der Waals surface area (Å²) in [7, 11) is 0. The van der Waals surface area contributed by atoms with Crippen LogP contribution in [-0.2, 0) is 0 Å². The third-order valence-electron chi connectivity index (χ3n) is 7.64. The van der Waals surface area contributed by atoms with Crippen LogP contribution in [-0.4, -0.2) is 24.2 Å². The second kappa shape index (κ2) is 15.1. The molecule has 226 valence electrons. The summed E-state index contributed by atoms with van der Waals surface area (Å²) < 4.78 is 0. The Morgan fingerprint density at radius 3 is 1.00 bits per heavy atom. The summed E-state index contributed by atoms with van der Waals surface area (Å²) in [6.45, 7) is 43.7. The Kier molecular flexibility index (Phi) is 15.9. The van der Waals surface area contributed by atoms with E-state index in [1.54, 1.807) is 0 Å². The average molecular weight is 525 g/mol. The van der Waals surface area contributed by atoms with Crippen LogP contribution < -0.4 is 10.6 Å². The van der Waals surface area contributed by atoms with E-state index in [0.29, 0.717) is 27.1 Å². The molecule has 2 N–H and O–H groups in total. The van der Waals surface area contributed by atoms with Gasteiger partial charge in [-0.15, -0.1) is 0 Å². The van der Waals surface area contributed by atoms with E-state index in [2.05, 4.69) is 135 Å². The summed E-state index contributed by atoms with van der Waals surface area (Å²) in [5.74, 6) is 0. The second-order valence-electron chi connectivity index (χ2n) is 18.5. The highest BCUT2D eigenvalue weighted by Crippen LogP contribution is 2.67. The maximum absolute atomic E-state index is 3.52. The van der Waals surface area contributed by atoms with Crippen LogP contribution in [0.25, 0.3) is 0 Å². The van der Waals surface area contributed by atoms with Gasteiger partial charge in [0.15, 0.2) is 0 Å². The van der Waals surface area contributed by atoms with Crippen molar-refractivity contribution in [3.63, 3.8) is 0 Å². The van der Waals surface area contributed by atoms with Crippen molar-refractivity contribution >= 4 is 0 Å². The lowest BCUT2D eigenvalue weighted by molar-refractivity contribution is 0.0745. The minimum Gasteiger partial charge on any atom is -0.312 e. The molecule has 1 rings (SSSR count). The van der Waals surface area contributed by atoms with Gasteiger partial charge in [-0.05, 0) is 120 Å². The molecule has 1 aliphatic carbocycles. The molecule has 0 spiro atoms. The molecule has 1 saturated carbocycles. The fourth-order valence-electron chi connectivity index (χ4n) is 5.25. The zero-order valence-corrected chi connectivity index (χ0v) is 29.6. The maximum Gasteiger partial charge on any atom is 0.00965 e. The molecule has 0 aromatic heterocycles. The second-order valence-corrected chi connectivity index (χ2v) is 18.5. The molecule has 1 aliphatic rings. The third kappa shape index (κ3) is 22.4. The Bertz CT molecular complexity index is 520. The van der Waals surface area contributed by atoms with E-state index in [1.807, 2.05) is 0 Å². The first-order chi connectivity index (χ1) is 16.1. The highest BCUT2D eigenvalue weighted by molar-refractivity contribution is 5.08. The van der Waals surface area contributed by atoms with Crippen LogP contribution in [0.1, 0.15) is 176 Å². The minimum absolute atomic E-state index is 0.276. The molecule has 0 radical (unpaired) electrons. The molecule has 0 unspecified atom stereocenters. The summed E-state index contributed by atoms with van der Waals surface area (Å²) in [5, 5.41) is 7.01. The van der Waals surface area contributed by atoms with Crippen LogP contribution in [0.2, 0.25) is 0 Å². The Balaban J connectivity index is 0. The number of hydrogen-bond donors (Lipinski definition) is 2. The van der Waals surface area contributed by atoms with Gasteiger partial charge in [-0.3, -0.25) is 0 Å². The first-order valence-corrected chi connectivity index (χ1v) is 15.6. The van der Waals surface area contributed by atoms with Gasteiger partial charge in [-0.2, -0.15) is 0 Å². The van der Waals surface area contributed by atoms with E-state index in [4.69, 9.17) is 0 Å². The number of nitrogens with one attached hydrogen (secondary N) is 2. The van der Waals surface area contributed by atoms with E-state index < -0.39 is 0 Å². The lowest BCUT2D eigenvalue weighted by atomic mass is 9.63. The molecule has 0 aliphatic heterocycles. The van der Waals surface area contributed by atoms with Crippen LogP contribution in [0.3, 0.4) is 0 Å². The van der Waals surface area contributed by atoms with Crippen molar-refractivity contribution in [1.29, 1.82) is 0 Å². The Morgan fingerprint density at radius 1 is 0.432 bits per heavy atom. The third-order valence-corrected chi connectivity index (χ3v) is 7.64. The SMILES string of the molecule is CC(C)(C)C1(C(C)(C)C)CC1.CC(C)(C)CCCCCNC(C)(C)C.CC(C)(C)CCCNC(C)(C)C. The highest BCUT2D eigenvalue weighted by Gasteiger charge is 2.58. The number of rotatable bonds is 8. The normalized spacial score (nSPS) is 16.4. The molecular weight excluding hydrogens is 448 g/mol.